The van der Waals surface area contributed by atoms with E-state index >= 15 is 0 Å². The molecule has 2 aromatic rings. The Balaban J connectivity index is 1.61. The molecule has 110 valence electrons. The lowest BCUT2D eigenvalue weighted by molar-refractivity contribution is 0.348. The first-order valence-electron chi connectivity index (χ1n) is 7.27. The Morgan fingerprint density at radius 2 is 1.95 bits per heavy atom. The zero-order valence-electron chi connectivity index (χ0n) is 12.1. The van der Waals surface area contributed by atoms with Crippen molar-refractivity contribution in [2.75, 3.05) is 18.0 Å². The topological polar surface area (TPSA) is 63.9 Å². The van der Waals surface area contributed by atoms with Gasteiger partial charge in [-0.05, 0) is 31.7 Å². The Kier molecular flexibility index (Phi) is 3.94. The summed E-state index contributed by atoms with van der Waals surface area (Å²) in [5.74, 6) is 1.30. The fraction of sp³-hybridized carbons (Fsp3) is 0.467. The van der Waals surface area contributed by atoms with Crippen LogP contribution in [0.3, 0.4) is 0 Å². The summed E-state index contributed by atoms with van der Waals surface area (Å²) in [6.45, 7) is 4.42. The van der Waals surface area contributed by atoms with Crippen molar-refractivity contribution in [3.63, 3.8) is 0 Å². The number of anilines is 1. The van der Waals surface area contributed by atoms with E-state index in [0.717, 1.165) is 38.4 Å². The van der Waals surface area contributed by atoms with Crippen molar-refractivity contribution in [2.24, 2.45) is 5.92 Å². The normalized spacial score (nSPS) is 16.1. The van der Waals surface area contributed by atoms with Crippen molar-refractivity contribution in [1.29, 1.82) is 0 Å². The van der Waals surface area contributed by atoms with Gasteiger partial charge in [-0.1, -0.05) is 0 Å². The fourth-order valence-corrected chi connectivity index (χ4v) is 2.74. The van der Waals surface area contributed by atoms with Crippen LogP contribution in [0.25, 0.3) is 0 Å². The standard InChI is InChI=1S/C15H19N5O/c1-12-9-16-11-20(14(12)21)10-13-3-7-19(8-4-13)15-17-5-2-6-18-15/h2,5-6,9,11,13H,3-4,7-8,10H2,1H3. The summed E-state index contributed by atoms with van der Waals surface area (Å²) in [4.78, 5) is 26.9. The largest absolute Gasteiger partial charge is 0.341 e. The van der Waals surface area contributed by atoms with Gasteiger partial charge in [-0.2, -0.15) is 0 Å². The molecule has 6 heteroatoms. The summed E-state index contributed by atoms with van der Waals surface area (Å²) in [5, 5.41) is 0. The molecule has 0 bridgehead atoms. The highest BCUT2D eigenvalue weighted by atomic mass is 16.1. The average Bonchev–Trinajstić information content (AvgIpc) is 2.53. The zero-order valence-corrected chi connectivity index (χ0v) is 12.1. The van der Waals surface area contributed by atoms with E-state index in [9.17, 15) is 4.79 Å². The van der Waals surface area contributed by atoms with Crippen molar-refractivity contribution >= 4 is 5.95 Å². The van der Waals surface area contributed by atoms with Gasteiger partial charge in [0.15, 0.2) is 0 Å². The molecule has 0 radical (unpaired) electrons. The molecule has 1 aliphatic rings. The van der Waals surface area contributed by atoms with Gasteiger partial charge in [-0.15, -0.1) is 0 Å². The Morgan fingerprint density at radius 1 is 1.24 bits per heavy atom. The van der Waals surface area contributed by atoms with Gasteiger partial charge in [-0.25, -0.2) is 15.0 Å². The Morgan fingerprint density at radius 3 is 2.67 bits per heavy atom. The maximum absolute atomic E-state index is 12.0. The minimum absolute atomic E-state index is 0.0684. The molecule has 0 aliphatic carbocycles. The van der Waals surface area contributed by atoms with Crippen molar-refractivity contribution in [3.8, 4) is 0 Å². The van der Waals surface area contributed by atoms with Crippen molar-refractivity contribution in [2.45, 2.75) is 26.3 Å². The molecule has 1 fully saturated rings. The molecular formula is C15H19N5O. The molecule has 1 aliphatic heterocycles. The first kappa shape index (κ1) is 13.7. The number of aromatic nitrogens is 4. The molecule has 1 saturated heterocycles. The molecule has 3 rings (SSSR count). The summed E-state index contributed by atoms with van der Waals surface area (Å²) in [6, 6.07) is 1.83. The number of aryl methyl sites for hydroxylation is 1. The van der Waals surface area contributed by atoms with Gasteiger partial charge < -0.3 is 4.90 Å². The summed E-state index contributed by atoms with van der Waals surface area (Å²) in [6.07, 6.45) is 8.88. The SMILES string of the molecule is Cc1cncn(CC2CCN(c3ncccn3)CC2)c1=O. The van der Waals surface area contributed by atoms with Crippen molar-refractivity contribution in [1.82, 2.24) is 19.5 Å². The van der Waals surface area contributed by atoms with Gasteiger partial charge in [0.05, 0.1) is 6.33 Å². The first-order chi connectivity index (χ1) is 10.2. The second-order valence-electron chi connectivity index (χ2n) is 5.51. The van der Waals surface area contributed by atoms with Gasteiger partial charge in [0.2, 0.25) is 5.95 Å². The molecule has 0 atom stereocenters. The molecule has 21 heavy (non-hydrogen) atoms. The van der Waals surface area contributed by atoms with Crippen LogP contribution in [0.15, 0.2) is 35.8 Å². The van der Waals surface area contributed by atoms with E-state index in [1.807, 2.05) is 6.07 Å². The highest BCUT2D eigenvalue weighted by Crippen LogP contribution is 2.21. The third-order valence-corrected chi connectivity index (χ3v) is 3.98. The van der Waals surface area contributed by atoms with E-state index in [0.29, 0.717) is 11.5 Å². The maximum Gasteiger partial charge on any atom is 0.256 e. The number of hydrogen-bond donors (Lipinski definition) is 0. The van der Waals surface area contributed by atoms with E-state index in [4.69, 9.17) is 0 Å². The van der Waals surface area contributed by atoms with Gasteiger partial charge in [-0.3, -0.25) is 9.36 Å². The molecule has 0 unspecified atom stereocenters. The minimum Gasteiger partial charge on any atom is -0.341 e. The van der Waals surface area contributed by atoms with Crippen LogP contribution in [-0.2, 0) is 6.54 Å². The van der Waals surface area contributed by atoms with Gasteiger partial charge in [0.25, 0.3) is 5.56 Å². The van der Waals surface area contributed by atoms with Crippen LogP contribution < -0.4 is 10.5 Å². The lowest BCUT2D eigenvalue weighted by Gasteiger charge is -2.32. The second-order valence-corrected chi connectivity index (χ2v) is 5.51. The minimum atomic E-state index is 0.0684. The van der Waals surface area contributed by atoms with Crippen molar-refractivity contribution < 1.29 is 0 Å². The van der Waals surface area contributed by atoms with Crippen LogP contribution in [0, 0.1) is 12.8 Å². The summed E-state index contributed by atoms with van der Waals surface area (Å²) < 4.78 is 1.73. The van der Waals surface area contributed by atoms with Gasteiger partial charge in [0.1, 0.15) is 0 Å². The van der Waals surface area contributed by atoms with E-state index in [1.54, 1.807) is 36.4 Å². The molecule has 2 aromatic heterocycles. The van der Waals surface area contributed by atoms with Crippen LogP contribution in [-0.4, -0.2) is 32.6 Å². The Hall–Kier alpha value is -2.24. The average molecular weight is 285 g/mol. The first-order valence-corrected chi connectivity index (χ1v) is 7.27. The summed E-state index contributed by atoms with van der Waals surface area (Å²) in [7, 11) is 0. The predicted octanol–water partition coefficient (Wildman–Crippen LogP) is 1.26. The fourth-order valence-electron chi connectivity index (χ4n) is 2.74. The number of rotatable bonds is 3. The third kappa shape index (κ3) is 3.09. The lowest BCUT2D eigenvalue weighted by Crippen LogP contribution is -2.37. The monoisotopic (exact) mass is 285 g/mol. The zero-order chi connectivity index (χ0) is 14.7. The Labute approximate surface area is 123 Å². The van der Waals surface area contributed by atoms with Crippen LogP contribution in [0.4, 0.5) is 5.95 Å². The molecule has 0 spiro atoms. The highest BCUT2D eigenvalue weighted by molar-refractivity contribution is 5.28. The molecule has 3 heterocycles. The summed E-state index contributed by atoms with van der Waals surface area (Å²) in [5.41, 5.74) is 0.770. The van der Waals surface area contributed by atoms with Crippen LogP contribution in [0.5, 0.6) is 0 Å². The maximum atomic E-state index is 12.0. The van der Waals surface area contributed by atoms with E-state index < -0.39 is 0 Å². The predicted molar refractivity (Wildman–Crippen MR) is 80.2 cm³/mol. The van der Waals surface area contributed by atoms with Crippen molar-refractivity contribution in [3.05, 3.63) is 46.9 Å². The van der Waals surface area contributed by atoms with Crippen LogP contribution in [0.2, 0.25) is 0 Å². The number of hydrogen-bond acceptors (Lipinski definition) is 5. The van der Waals surface area contributed by atoms with E-state index in [2.05, 4.69) is 19.9 Å². The summed E-state index contributed by atoms with van der Waals surface area (Å²) >= 11 is 0. The molecule has 0 aromatic carbocycles. The molecule has 0 N–H and O–H groups in total. The lowest BCUT2D eigenvalue weighted by atomic mass is 9.97. The van der Waals surface area contributed by atoms with Gasteiger partial charge in [0, 0.05) is 43.8 Å². The number of piperidine rings is 1. The quantitative estimate of drug-likeness (QED) is 0.849. The van der Waals surface area contributed by atoms with Crippen LogP contribution >= 0.6 is 0 Å². The number of nitrogens with zero attached hydrogens (tertiary/aromatic N) is 5. The second kappa shape index (κ2) is 6.03. The third-order valence-electron chi connectivity index (χ3n) is 3.98. The van der Waals surface area contributed by atoms with Crippen LogP contribution in [0.1, 0.15) is 18.4 Å². The molecule has 0 amide bonds. The van der Waals surface area contributed by atoms with E-state index in [1.165, 1.54) is 0 Å². The van der Waals surface area contributed by atoms with Gasteiger partial charge >= 0.3 is 0 Å². The molecule has 0 saturated carbocycles. The smallest absolute Gasteiger partial charge is 0.256 e. The van der Waals surface area contributed by atoms with E-state index in [-0.39, 0.29) is 5.56 Å². The Bertz CT molecular complexity index is 647. The molecular weight excluding hydrogens is 266 g/mol. The highest BCUT2D eigenvalue weighted by Gasteiger charge is 2.21. The molecule has 6 nitrogen and oxygen atoms in total.